The van der Waals surface area contributed by atoms with Crippen molar-refractivity contribution in [1.29, 1.82) is 0 Å². The number of ether oxygens (including phenoxy) is 3. The monoisotopic (exact) mass is 734 g/mol. The van der Waals surface area contributed by atoms with Gasteiger partial charge in [-0.3, -0.25) is 14.4 Å². The topological polar surface area (TPSA) is 139 Å². The van der Waals surface area contributed by atoms with Crippen molar-refractivity contribution in [3.8, 4) is 0 Å². The molecule has 32 heavy (non-hydrogen) atoms. The van der Waals surface area contributed by atoms with Crippen LogP contribution in [0.15, 0.2) is 0 Å². The number of esters is 2. The van der Waals surface area contributed by atoms with Crippen molar-refractivity contribution in [2.45, 2.75) is 69.8 Å². The predicted molar refractivity (Wildman–Crippen MR) is 95.8 cm³/mol. The summed E-state index contributed by atoms with van der Waals surface area (Å²) in [6.45, 7) is 7.73. The Morgan fingerprint density at radius 3 is 2.25 bits per heavy atom. The van der Waals surface area contributed by atoms with E-state index in [0.717, 1.165) is 0 Å². The van der Waals surface area contributed by atoms with E-state index in [9.17, 15) is 36.1 Å². The number of nitrogens with zero attached hydrogens (tertiary/aromatic N) is 1. The molecule has 1 amide bonds. The minimum Gasteiger partial charge on any atom is -0.746 e. The number of halogens is 2. The Labute approximate surface area is 177 Å². The van der Waals surface area contributed by atoms with Gasteiger partial charge in [0, 0.05) is 5.54 Å². The van der Waals surface area contributed by atoms with Gasteiger partial charge in [-0.2, -0.15) is 0 Å². The third-order valence-electron chi connectivity index (χ3n) is 5.59. The second-order valence-electron chi connectivity index (χ2n) is 9.11. The Bertz CT molecular complexity index is 905. The van der Waals surface area contributed by atoms with Gasteiger partial charge in [-0.15, -0.1) is 0 Å². The maximum absolute atomic E-state index is 13.4. The summed E-state index contributed by atoms with van der Waals surface area (Å²) in [6, 6.07) is -0.679. The third kappa shape index (κ3) is 3.77. The van der Waals surface area contributed by atoms with Crippen molar-refractivity contribution in [3.63, 3.8) is 0 Å². The Morgan fingerprint density at radius 1 is 1.22 bits per heavy atom. The van der Waals surface area contributed by atoms with E-state index >= 15 is 0 Å². The number of carbonyl (C=O) groups excluding carboxylic acids is 3. The zero-order chi connectivity index (χ0) is 23.7. The second kappa shape index (κ2) is 7.62. The molecule has 0 spiro atoms. The van der Waals surface area contributed by atoms with E-state index < -0.39 is 87.5 Å². The molecule has 0 aromatic heterocycles. The van der Waals surface area contributed by atoms with Crippen LogP contribution in [0.25, 0.3) is 0 Å². The third-order valence-corrected chi connectivity index (χ3v) is 6.35. The maximum Gasteiger partial charge on any atom is 0.308 e. The number of carbonyl (C=O) groups is 3. The minimum atomic E-state index is -6.11. The summed E-state index contributed by atoms with van der Waals surface area (Å²) >= 11 is 0. The van der Waals surface area contributed by atoms with Crippen molar-refractivity contribution in [2.24, 2.45) is 17.8 Å². The summed E-state index contributed by atoms with van der Waals surface area (Å²) in [5.41, 5.74) is -0.732. The number of amides is 1. The van der Waals surface area contributed by atoms with Crippen molar-refractivity contribution < 1.29 is 50.3 Å². The molecule has 0 aromatic carbocycles. The van der Waals surface area contributed by atoms with E-state index in [1.807, 2.05) is 0 Å². The fraction of sp³-hybridized carbons (Fsp3) is 0.778. The molecular formula is C18H23F2NO9RfS-2. The molecule has 3 aliphatic heterocycles. The molecule has 14 heteroatoms. The molecule has 2 bridgehead atoms. The van der Waals surface area contributed by atoms with E-state index in [0.29, 0.717) is 0 Å². The molecule has 0 aromatic rings. The van der Waals surface area contributed by atoms with Crippen LogP contribution in [0.2, 0.25) is 0 Å². The Balaban J connectivity index is 0.00000363. The van der Waals surface area contributed by atoms with Crippen LogP contribution in [0.1, 0.15) is 34.6 Å². The zero-order valence-electron chi connectivity index (χ0n) is 18.1. The number of alkyl halides is 2. The fourth-order valence-electron chi connectivity index (χ4n) is 4.34. The van der Waals surface area contributed by atoms with Crippen molar-refractivity contribution in [2.75, 3.05) is 0 Å². The summed E-state index contributed by atoms with van der Waals surface area (Å²) in [7, 11) is -6.11. The van der Waals surface area contributed by atoms with Gasteiger partial charge in [0.1, 0.15) is 16.2 Å². The second-order valence-corrected chi connectivity index (χ2v) is 10.6. The number of hydrogen-bond acceptors (Lipinski definition) is 9. The van der Waals surface area contributed by atoms with Crippen LogP contribution >= 0.6 is 0 Å². The Morgan fingerprint density at radius 2 is 1.78 bits per heavy atom. The number of likely N-dealkylation sites (tertiary alicyclic amines) is 1. The Kier molecular flexibility index (Phi) is 6.05. The minimum absolute atomic E-state index is 0. The van der Waals surface area contributed by atoms with E-state index in [1.54, 1.807) is 34.6 Å². The van der Waals surface area contributed by atoms with Gasteiger partial charge in [0.25, 0.3) is 11.2 Å². The quantitative estimate of drug-likeness (QED) is 0.216. The first kappa shape index (κ1) is 25.4. The molecule has 0 saturated carbocycles. The molecule has 6 atom stereocenters. The first-order chi connectivity index (χ1) is 14.0. The van der Waals surface area contributed by atoms with Gasteiger partial charge < -0.3 is 23.7 Å². The van der Waals surface area contributed by atoms with E-state index in [2.05, 4.69) is 4.74 Å². The van der Waals surface area contributed by atoms with Gasteiger partial charge in [0.05, 0.1) is 29.9 Å². The van der Waals surface area contributed by atoms with Crippen LogP contribution in [-0.2, 0) is 38.7 Å². The molecule has 0 radical (unpaired) electrons. The molecule has 0 N–H and O–H groups in total. The molecule has 3 saturated heterocycles. The zero-order valence-corrected chi connectivity index (χ0v) is 25.3. The largest absolute Gasteiger partial charge is 0.746 e. The summed E-state index contributed by atoms with van der Waals surface area (Å²) in [4.78, 5) is 39.4. The molecule has 6 unspecified atom stereocenters. The van der Waals surface area contributed by atoms with E-state index in [1.165, 1.54) is 4.90 Å². The van der Waals surface area contributed by atoms with Crippen LogP contribution < -0.4 is 0 Å². The average molecular weight is 734 g/mol. The summed E-state index contributed by atoms with van der Waals surface area (Å²) in [5, 5.41) is -4.95. The smallest absolute Gasteiger partial charge is 0.308 e. The van der Waals surface area contributed by atoms with Gasteiger partial charge in [0.15, 0.2) is 6.10 Å². The van der Waals surface area contributed by atoms with Crippen LogP contribution in [0.5, 0.6) is 0 Å². The van der Waals surface area contributed by atoms with Crippen molar-refractivity contribution >= 4 is 28.0 Å². The predicted octanol–water partition coefficient (Wildman–Crippen LogP) is 0.420. The van der Waals surface area contributed by atoms with Crippen molar-refractivity contribution in [1.82, 2.24) is 4.90 Å². The molecule has 10 nitrogen and oxygen atoms in total. The maximum atomic E-state index is 13.4. The summed E-state index contributed by atoms with van der Waals surface area (Å²) in [6.07, 6.45) is -3.05. The number of hydrogen-bond donors (Lipinski definition) is 0. The SMILES string of the molecule is CC(C)C(=O)OC1C2OC3C(C(=O)N(C(C)(C)C)C13)C2C(=O)O[CH-]C(F)(F)S(=O)(=O)[O-].[Rf]. The summed E-state index contributed by atoms with van der Waals surface area (Å²) < 4.78 is 74.2. The normalized spacial score (nSPS) is 31.7. The molecule has 3 heterocycles. The van der Waals surface area contributed by atoms with Gasteiger partial charge in [-0.05, 0) is 20.8 Å². The van der Waals surface area contributed by atoms with Gasteiger partial charge >= 0.3 is 5.97 Å². The van der Waals surface area contributed by atoms with Gasteiger partial charge in [0.2, 0.25) is 5.91 Å². The molecule has 3 rings (SSSR count). The first-order valence-electron chi connectivity index (χ1n) is 9.56. The Hall–Kier alpha value is -2.86. The first-order valence-corrected chi connectivity index (χ1v) is 11.0. The average Bonchev–Trinajstić information content (AvgIpc) is 3.20. The fourth-order valence-corrected chi connectivity index (χ4v) is 4.51. The molecule has 0 aliphatic carbocycles. The van der Waals surface area contributed by atoms with Gasteiger partial charge in [-0.1, -0.05) is 20.5 Å². The van der Waals surface area contributed by atoms with Crippen LogP contribution in [0, 0.1) is 24.4 Å². The summed E-state index contributed by atoms with van der Waals surface area (Å²) in [5.74, 6) is -5.51. The van der Waals surface area contributed by atoms with E-state index in [-0.39, 0.29) is 0 Å². The van der Waals surface area contributed by atoms with Crippen LogP contribution in [-0.4, -0.2) is 70.9 Å². The number of fused-ring (bicyclic) bond motifs is 1. The van der Waals surface area contributed by atoms with Crippen molar-refractivity contribution in [3.05, 3.63) is 6.61 Å². The molecule has 178 valence electrons. The van der Waals surface area contributed by atoms with Crippen LogP contribution in [0.3, 0.4) is 0 Å². The van der Waals surface area contributed by atoms with Crippen LogP contribution in [0.4, 0.5) is 8.78 Å². The standard InChI is InChI=1S/C18H24F2NO9S.Rf/c1-7(2)15(23)30-13-10-11-8(14(22)21(10)17(3,4)5)9(12(13)29-11)16(24)28-6-18(19,20)31(25,26)27;/h6-13H,1-5H3,(H,25,26,27);/q-1;/p-1. The molecule has 3 aliphatic rings. The van der Waals surface area contributed by atoms with Gasteiger partial charge in [-0.25, -0.2) is 17.2 Å². The molecular weight excluding hydrogens is 711 g/mol. The molecule has 3 fully saturated rings. The number of rotatable bonds is 6. The van der Waals surface area contributed by atoms with E-state index in [4.69, 9.17) is 9.47 Å².